The Morgan fingerprint density at radius 2 is 1.84 bits per heavy atom. The number of halogens is 2. The van der Waals surface area contributed by atoms with E-state index in [1.165, 1.54) is 40.5 Å². The lowest BCUT2D eigenvalue weighted by Crippen LogP contribution is -2.41. The summed E-state index contributed by atoms with van der Waals surface area (Å²) in [6, 6.07) is 3.65. The van der Waals surface area contributed by atoms with Crippen LogP contribution in [0.25, 0.3) is 10.9 Å². The molecule has 1 aromatic carbocycles. The molecule has 0 saturated heterocycles. The van der Waals surface area contributed by atoms with Gasteiger partial charge in [-0.3, -0.25) is 14.3 Å². The van der Waals surface area contributed by atoms with E-state index < -0.39 is 29.0 Å². The van der Waals surface area contributed by atoms with Gasteiger partial charge < -0.3 is 19.9 Å². The molecule has 4 aromatic rings. The van der Waals surface area contributed by atoms with Crippen LogP contribution in [0.5, 0.6) is 0 Å². The Kier molecular flexibility index (Phi) is 5.26. The lowest BCUT2D eigenvalue weighted by Gasteiger charge is -2.30. The van der Waals surface area contributed by atoms with E-state index in [4.69, 9.17) is 5.11 Å². The van der Waals surface area contributed by atoms with Gasteiger partial charge in [0, 0.05) is 36.9 Å². The number of aromatic carboxylic acids is 1. The number of H-pyrrole nitrogens is 1. The summed E-state index contributed by atoms with van der Waals surface area (Å²) in [5.41, 5.74) is 0.491. The normalized spacial score (nSPS) is 15.8. The summed E-state index contributed by atoms with van der Waals surface area (Å²) in [7, 11) is 1.64. The lowest BCUT2D eigenvalue weighted by molar-refractivity contribution is 0.0664. The number of hydrogen-bond donors (Lipinski definition) is 2. The number of rotatable bonds is 5. The van der Waals surface area contributed by atoms with Gasteiger partial charge in [-0.2, -0.15) is 5.10 Å². The zero-order chi connectivity index (χ0) is 26.8. The number of fused-ring (bicyclic) bond motifs is 2. The summed E-state index contributed by atoms with van der Waals surface area (Å²) < 4.78 is 29.4. The van der Waals surface area contributed by atoms with Crippen LogP contribution in [0.2, 0.25) is 0 Å². The van der Waals surface area contributed by atoms with Crippen LogP contribution in [-0.4, -0.2) is 71.0 Å². The lowest BCUT2D eigenvalue weighted by atomic mass is 10.1. The zero-order valence-corrected chi connectivity index (χ0v) is 20.1. The fourth-order valence-electron chi connectivity index (χ4n) is 4.91. The van der Waals surface area contributed by atoms with Crippen molar-refractivity contribution in [3.8, 4) is 0 Å². The Morgan fingerprint density at radius 3 is 2.53 bits per heavy atom. The summed E-state index contributed by atoms with van der Waals surface area (Å²) in [5, 5.41) is 13.4. The summed E-state index contributed by atoms with van der Waals surface area (Å²) in [4.78, 5) is 52.2. The number of nitrogens with one attached hydrogen (secondary N) is 1. The molecular formula is C25H21F2N7O4. The first-order valence-electron chi connectivity index (χ1n) is 11.8. The van der Waals surface area contributed by atoms with Crippen LogP contribution in [0.15, 0.2) is 36.8 Å². The molecule has 1 aliphatic heterocycles. The van der Waals surface area contributed by atoms with E-state index in [1.54, 1.807) is 11.7 Å². The monoisotopic (exact) mass is 521 g/mol. The molecule has 0 radical (unpaired) electrons. The average Bonchev–Trinajstić information content (AvgIpc) is 3.44. The second kappa shape index (κ2) is 8.43. The van der Waals surface area contributed by atoms with Gasteiger partial charge in [0.05, 0.1) is 36.1 Å². The maximum atomic E-state index is 14.2. The number of aromatic nitrogens is 5. The van der Waals surface area contributed by atoms with E-state index in [9.17, 15) is 23.2 Å². The third kappa shape index (κ3) is 3.61. The Hall–Kier alpha value is -4.68. The Morgan fingerprint density at radius 1 is 1.11 bits per heavy atom. The number of nitrogens with zero attached hydrogens (tertiary/aromatic N) is 6. The highest BCUT2D eigenvalue weighted by Crippen LogP contribution is 2.49. The number of carbonyl (C=O) groups is 3. The van der Waals surface area contributed by atoms with Gasteiger partial charge in [0.15, 0.2) is 17.5 Å². The average molecular weight is 521 g/mol. The minimum atomic E-state index is -1.14. The smallest absolute Gasteiger partial charge is 0.338 e. The molecule has 6 rings (SSSR count). The van der Waals surface area contributed by atoms with Crippen molar-refractivity contribution >= 4 is 28.7 Å². The van der Waals surface area contributed by atoms with Gasteiger partial charge in [-0.05, 0) is 31.0 Å². The fourth-order valence-corrected chi connectivity index (χ4v) is 4.91. The molecule has 1 saturated carbocycles. The van der Waals surface area contributed by atoms with Crippen LogP contribution in [0, 0.1) is 11.6 Å². The van der Waals surface area contributed by atoms with Crippen LogP contribution in [0.4, 0.5) is 8.78 Å². The first kappa shape index (κ1) is 23.7. The van der Waals surface area contributed by atoms with Gasteiger partial charge in [-0.1, -0.05) is 0 Å². The number of carboxylic acids is 1. The standard InChI is InChI=1S/C25H21F2N7O4/c1-32(25(4-5-25)24-28-9-13(10-29-24)23(37)38)21(35)15-11-30-34-7-6-33(12-19(15)34)22(36)18-8-14-17(31-18)3-2-16(26)20(14)27/h2-3,8-11,31H,4-7,12H2,1H3,(H,37,38). The highest BCUT2D eigenvalue weighted by Gasteiger charge is 2.53. The molecule has 194 valence electrons. The van der Waals surface area contributed by atoms with Crippen molar-refractivity contribution in [3.63, 3.8) is 0 Å². The van der Waals surface area contributed by atoms with Gasteiger partial charge in [0.25, 0.3) is 11.8 Å². The second-order valence-corrected chi connectivity index (χ2v) is 9.46. The molecule has 38 heavy (non-hydrogen) atoms. The minimum absolute atomic E-state index is 0.0127. The van der Waals surface area contributed by atoms with Gasteiger partial charge >= 0.3 is 5.97 Å². The molecule has 3 aromatic heterocycles. The number of benzene rings is 1. The molecule has 0 atom stereocenters. The van der Waals surface area contributed by atoms with E-state index in [0.29, 0.717) is 48.5 Å². The van der Waals surface area contributed by atoms with Crippen LogP contribution < -0.4 is 0 Å². The maximum absolute atomic E-state index is 14.2. The van der Waals surface area contributed by atoms with Crippen LogP contribution >= 0.6 is 0 Å². The highest BCUT2D eigenvalue weighted by molar-refractivity contribution is 5.99. The van der Waals surface area contributed by atoms with Gasteiger partial charge in [-0.15, -0.1) is 0 Å². The first-order chi connectivity index (χ1) is 18.2. The van der Waals surface area contributed by atoms with Crippen molar-refractivity contribution in [2.24, 2.45) is 0 Å². The van der Waals surface area contributed by atoms with Gasteiger partial charge in [0.1, 0.15) is 11.2 Å². The molecule has 1 fully saturated rings. The van der Waals surface area contributed by atoms with E-state index in [2.05, 4.69) is 20.1 Å². The summed E-state index contributed by atoms with van der Waals surface area (Å²) >= 11 is 0. The Balaban J connectivity index is 1.24. The predicted octanol–water partition coefficient (Wildman–Crippen LogP) is 2.55. The van der Waals surface area contributed by atoms with Crippen molar-refractivity contribution in [3.05, 3.63) is 76.8 Å². The van der Waals surface area contributed by atoms with Gasteiger partial charge in [0.2, 0.25) is 0 Å². The summed E-state index contributed by atoms with van der Waals surface area (Å²) in [6.45, 7) is 0.764. The molecule has 2 amide bonds. The highest BCUT2D eigenvalue weighted by atomic mass is 19.2. The number of aromatic amines is 1. The SMILES string of the molecule is CN(C(=O)c1cnn2c1CN(C(=O)c1cc3c(F)c(F)ccc3[nH]1)CC2)C1(c2ncc(C(=O)O)cn2)CC1. The molecule has 0 bridgehead atoms. The van der Waals surface area contributed by atoms with Crippen molar-refractivity contribution in [2.75, 3.05) is 13.6 Å². The topological polar surface area (TPSA) is 137 Å². The maximum Gasteiger partial charge on any atom is 0.338 e. The minimum Gasteiger partial charge on any atom is -0.478 e. The number of carbonyl (C=O) groups excluding carboxylic acids is 2. The summed E-state index contributed by atoms with van der Waals surface area (Å²) in [6.07, 6.45) is 5.14. The van der Waals surface area contributed by atoms with Crippen molar-refractivity contribution in [1.82, 2.24) is 34.5 Å². The molecule has 11 nitrogen and oxygen atoms in total. The van der Waals surface area contributed by atoms with Crippen molar-refractivity contribution in [1.29, 1.82) is 0 Å². The molecule has 2 N–H and O–H groups in total. The zero-order valence-electron chi connectivity index (χ0n) is 20.1. The Labute approximate surface area is 213 Å². The molecule has 2 aliphatic rings. The van der Waals surface area contributed by atoms with Crippen LogP contribution in [-0.2, 0) is 18.6 Å². The van der Waals surface area contributed by atoms with E-state index in [-0.39, 0.29) is 29.1 Å². The van der Waals surface area contributed by atoms with E-state index >= 15 is 0 Å². The van der Waals surface area contributed by atoms with Crippen molar-refractivity contribution < 1.29 is 28.3 Å². The molecule has 4 heterocycles. The molecule has 13 heteroatoms. The quantitative estimate of drug-likeness (QED) is 0.412. The molecule has 1 aliphatic carbocycles. The van der Waals surface area contributed by atoms with Gasteiger partial charge in [-0.25, -0.2) is 23.5 Å². The number of hydrogen-bond acceptors (Lipinski definition) is 6. The summed E-state index contributed by atoms with van der Waals surface area (Å²) in [5.74, 6) is -3.54. The predicted molar refractivity (Wildman–Crippen MR) is 127 cm³/mol. The first-order valence-corrected chi connectivity index (χ1v) is 11.8. The number of amides is 2. The Bertz CT molecular complexity index is 1620. The largest absolute Gasteiger partial charge is 0.478 e. The molecule has 0 unspecified atom stereocenters. The van der Waals surface area contributed by atoms with Crippen LogP contribution in [0.1, 0.15) is 55.6 Å². The van der Waals surface area contributed by atoms with Crippen molar-refractivity contribution in [2.45, 2.75) is 31.5 Å². The fraction of sp³-hybridized carbons (Fsp3) is 0.280. The third-order valence-electron chi connectivity index (χ3n) is 7.30. The van der Waals surface area contributed by atoms with Crippen LogP contribution in [0.3, 0.4) is 0 Å². The third-order valence-corrected chi connectivity index (χ3v) is 7.30. The molecular weight excluding hydrogens is 500 g/mol. The number of carboxylic acid groups (broad SMARTS) is 1. The molecule has 0 spiro atoms. The van der Waals surface area contributed by atoms with E-state index in [0.717, 1.165) is 6.07 Å². The van der Waals surface area contributed by atoms with E-state index in [1.807, 2.05) is 0 Å². The second-order valence-electron chi connectivity index (χ2n) is 9.46.